The fourth-order valence-corrected chi connectivity index (χ4v) is 3.49. The Balaban J connectivity index is 1.72. The van der Waals surface area contributed by atoms with Crippen LogP contribution in [-0.2, 0) is 6.54 Å². The molecule has 0 bridgehead atoms. The molecule has 1 saturated heterocycles. The lowest BCUT2D eigenvalue weighted by atomic mass is 10.0. The number of carbonyl (C=O) groups is 1. The number of amides is 2. The van der Waals surface area contributed by atoms with E-state index in [0.717, 1.165) is 18.7 Å². The van der Waals surface area contributed by atoms with Gasteiger partial charge in [0.2, 0.25) is 5.95 Å². The summed E-state index contributed by atoms with van der Waals surface area (Å²) < 4.78 is 2.12. The van der Waals surface area contributed by atoms with Crippen LogP contribution in [0.15, 0.2) is 24.8 Å². The molecule has 29 heavy (non-hydrogen) atoms. The zero-order valence-electron chi connectivity index (χ0n) is 18.3. The van der Waals surface area contributed by atoms with E-state index < -0.39 is 0 Å². The minimum Gasteiger partial charge on any atom is -0.346 e. The average Bonchev–Trinajstić information content (AvgIpc) is 3.25. The smallest absolute Gasteiger partial charge is 0.325 e. The van der Waals surface area contributed by atoms with Crippen molar-refractivity contribution in [2.45, 2.75) is 59.7 Å². The number of likely N-dealkylation sites (N-methyl/N-ethyl adjacent to an activating group) is 1. The van der Waals surface area contributed by atoms with Gasteiger partial charge in [-0.25, -0.2) is 14.8 Å². The summed E-state index contributed by atoms with van der Waals surface area (Å²) in [4.78, 5) is 29.7. The molecule has 3 rings (SSSR count). The molecule has 1 aliphatic rings. The summed E-state index contributed by atoms with van der Waals surface area (Å²) >= 11 is 0. The van der Waals surface area contributed by atoms with Crippen molar-refractivity contribution in [1.29, 1.82) is 0 Å². The molecule has 8 nitrogen and oxygen atoms in total. The van der Waals surface area contributed by atoms with Gasteiger partial charge in [-0.2, -0.15) is 4.98 Å². The van der Waals surface area contributed by atoms with Crippen LogP contribution in [0.5, 0.6) is 0 Å². The quantitative estimate of drug-likeness (QED) is 0.731. The van der Waals surface area contributed by atoms with Crippen LogP contribution in [0.2, 0.25) is 0 Å². The molecule has 1 unspecified atom stereocenters. The van der Waals surface area contributed by atoms with Gasteiger partial charge in [0.25, 0.3) is 0 Å². The highest BCUT2D eigenvalue weighted by Gasteiger charge is 2.38. The number of aromatic nitrogens is 4. The van der Waals surface area contributed by atoms with Crippen molar-refractivity contribution in [1.82, 2.24) is 24.4 Å². The minimum atomic E-state index is -0.0385. The van der Waals surface area contributed by atoms with Crippen LogP contribution in [0.1, 0.15) is 52.8 Å². The maximum absolute atomic E-state index is 12.6. The molecule has 0 aromatic carbocycles. The van der Waals surface area contributed by atoms with Gasteiger partial charge in [0.15, 0.2) is 0 Å². The predicted octanol–water partition coefficient (Wildman–Crippen LogP) is 3.79. The van der Waals surface area contributed by atoms with Crippen LogP contribution >= 0.6 is 0 Å². The first-order chi connectivity index (χ1) is 13.8. The molecule has 0 saturated carbocycles. The SMILES string of the molecule is CC(C)CCn1cnc(C(C)Nc2nccc(N3C(=O)N(C)C[C@@H]3C(C)C)n2)c1. The fourth-order valence-electron chi connectivity index (χ4n) is 3.49. The lowest BCUT2D eigenvalue weighted by molar-refractivity contribution is 0.229. The second-order valence-corrected chi connectivity index (χ2v) is 8.67. The van der Waals surface area contributed by atoms with Crippen LogP contribution in [-0.4, -0.2) is 50.1 Å². The van der Waals surface area contributed by atoms with Gasteiger partial charge in [0.1, 0.15) is 5.82 Å². The Hall–Kier alpha value is -2.64. The summed E-state index contributed by atoms with van der Waals surface area (Å²) in [6, 6.07) is 1.83. The molecule has 2 amide bonds. The number of nitrogens with zero attached hydrogens (tertiary/aromatic N) is 6. The van der Waals surface area contributed by atoms with Crippen LogP contribution < -0.4 is 10.2 Å². The maximum Gasteiger partial charge on any atom is 0.325 e. The number of urea groups is 1. The Morgan fingerprint density at radius 3 is 2.66 bits per heavy atom. The van der Waals surface area contributed by atoms with Gasteiger partial charge < -0.3 is 14.8 Å². The lowest BCUT2D eigenvalue weighted by Gasteiger charge is -2.25. The Morgan fingerprint density at radius 2 is 1.97 bits per heavy atom. The van der Waals surface area contributed by atoms with Gasteiger partial charge >= 0.3 is 6.03 Å². The average molecular weight is 400 g/mol. The molecule has 1 N–H and O–H groups in total. The maximum atomic E-state index is 12.6. The minimum absolute atomic E-state index is 0.0229. The third kappa shape index (κ3) is 4.86. The van der Waals surface area contributed by atoms with Crippen molar-refractivity contribution in [3.8, 4) is 0 Å². The Labute approximate surface area is 173 Å². The van der Waals surface area contributed by atoms with E-state index in [0.29, 0.717) is 30.1 Å². The van der Waals surface area contributed by atoms with Crippen LogP contribution in [0.25, 0.3) is 0 Å². The van der Waals surface area contributed by atoms with Crippen molar-refractivity contribution in [2.24, 2.45) is 11.8 Å². The van der Waals surface area contributed by atoms with Gasteiger partial charge in [0, 0.05) is 32.5 Å². The van der Waals surface area contributed by atoms with E-state index in [9.17, 15) is 4.79 Å². The molecule has 2 aromatic heterocycles. The first-order valence-corrected chi connectivity index (χ1v) is 10.4. The molecular formula is C21H33N7O. The number of anilines is 2. The van der Waals surface area contributed by atoms with E-state index in [2.05, 4.69) is 58.7 Å². The molecule has 3 heterocycles. The Kier molecular flexibility index (Phi) is 6.39. The third-order valence-electron chi connectivity index (χ3n) is 5.39. The van der Waals surface area contributed by atoms with Crippen molar-refractivity contribution >= 4 is 17.8 Å². The largest absolute Gasteiger partial charge is 0.346 e. The summed E-state index contributed by atoms with van der Waals surface area (Å²) in [5.41, 5.74) is 0.944. The molecule has 2 atom stereocenters. The standard InChI is InChI=1S/C21H33N7O/c1-14(2)8-10-27-11-17(23-13-27)16(5)24-20-22-9-7-19(25-20)28-18(15(3)4)12-26(6)21(28)29/h7,9,11,13-16,18H,8,10,12H2,1-6H3,(H,22,24,25)/t16?,18-/m1/s1. The van der Waals surface area contributed by atoms with Gasteiger partial charge in [-0.1, -0.05) is 27.7 Å². The summed E-state index contributed by atoms with van der Waals surface area (Å²) in [5.74, 6) is 2.13. The highest BCUT2D eigenvalue weighted by molar-refractivity contribution is 5.94. The molecular weight excluding hydrogens is 366 g/mol. The molecule has 1 aliphatic heterocycles. The van der Waals surface area contributed by atoms with Gasteiger partial charge in [0.05, 0.1) is 24.1 Å². The van der Waals surface area contributed by atoms with Crippen molar-refractivity contribution < 1.29 is 4.79 Å². The molecule has 1 fully saturated rings. The highest BCUT2D eigenvalue weighted by atomic mass is 16.2. The van der Waals surface area contributed by atoms with Gasteiger partial charge in [-0.3, -0.25) is 4.90 Å². The van der Waals surface area contributed by atoms with Crippen LogP contribution in [0.4, 0.5) is 16.6 Å². The number of nitrogens with one attached hydrogen (secondary N) is 1. The predicted molar refractivity (Wildman–Crippen MR) is 115 cm³/mol. The molecule has 0 spiro atoms. The van der Waals surface area contributed by atoms with Crippen molar-refractivity contribution in [2.75, 3.05) is 23.8 Å². The Bertz CT molecular complexity index is 832. The first-order valence-electron chi connectivity index (χ1n) is 10.4. The van der Waals surface area contributed by atoms with Crippen LogP contribution in [0, 0.1) is 11.8 Å². The molecule has 158 valence electrons. The lowest BCUT2D eigenvalue weighted by Crippen LogP contribution is -2.38. The van der Waals surface area contributed by atoms with Crippen molar-refractivity contribution in [3.05, 3.63) is 30.5 Å². The highest BCUT2D eigenvalue weighted by Crippen LogP contribution is 2.27. The second kappa shape index (κ2) is 8.80. The molecule has 0 aliphatic carbocycles. The Morgan fingerprint density at radius 1 is 1.21 bits per heavy atom. The number of carbonyl (C=O) groups excluding carboxylic acids is 1. The van der Waals surface area contributed by atoms with E-state index in [4.69, 9.17) is 0 Å². The van der Waals surface area contributed by atoms with Crippen molar-refractivity contribution in [3.63, 3.8) is 0 Å². The topological polar surface area (TPSA) is 79.2 Å². The third-order valence-corrected chi connectivity index (χ3v) is 5.39. The van der Waals surface area contributed by atoms with E-state index in [1.165, 1.54) is 0 Å². The number of hydrogen-bond acceptors (Lipinski definition) is 5. The van der Waals surface area contributed by atoms with E-state index in [1.54, 1.807) is 22.1 Å². The summed E-state index contributed by atoms with van der Waals surface area (Å²) in [6.45, 7) is 12.4. The normalized spacial score (nSPS) is 18.2. The summed E-state index contributed by atoms with van der Waals surface area (Å²) in [5, 5.41) is 3.32. The number of aryl methyl sites for hydroxylation is 1. The monoisotopic (exact) mass is 399 g/mol. The van der Waals surface area contributed by atoms with Gasteiger partial charge in [-0.15, -0.1) is 0 Å². The second-order valence-electron chi connectivity index (χ2n) is 8.67. The van der Waals surface area contributed by atoms with Gasteiger partial charge in [-0.05, 0) is 31.2 Å². The number of hydrogen-bond donors (Lipinski definition) is 1. The molecule has 2 aromatic rings. The number of rotatable bonds is 8. The van der Waals surface area contributed by atoms with E-state index in [1.807, 2.05) is 20.3 Å². The zero-order chi connectivity index (χ0) is 21.1. The molecule has 8 heteroatoms. The first kappa shape index (κ1) is 21.1. The van der Waals surface area contributed by atoms with E-state index >= 15 is 0 Å². The fraction of sp³-hybridized carbons (Fsp3) is 0.619. The summed E-state index contributed by atoms with van der Waals surface area (Å²) in [6.07, 6.45) is 6.76. The number of imidazole rings is 1. The van der Waals surface area contributed by atoms with Crippen LogP contribution in [0.3, 0.4) is 0 Å². The summed E-state index contributed by atoms with van der Waals surface area (Å²) in [7, 11) is 1.83. The van der Waals surface area contributed by atoms with E-state index in [-0.39, 0.29) is 18.1 Å². The zero-order valence-corrected chi connectivity index (χ0v) is 18.3. The molecule has 0 radical (unpaired) electrons.